The van der Waals surface area contributed by atoms with Crippen LogP contribution in [0.1, 0.15) is 36.4 Å². The molecule has 2 fully saturated rings. The highest BCUT2D eigenvalue weighted by atomic mass is 16.6. The van der Waals surface area contributed by atoms with E-state index in [0.717, 1.165) is 52.0 Å². The van der Waals surface area contributed by atoms with E-state index in [-0.39, 0.29) is 5.60 Å². The van der Waals surface area contributed by atoms with Crippen molar-refractivity contribution in [1.82, 2.24) is 5.32 Å². The summed E-state index contributed by atoms with van der Waals surface area (Å²) in [6, 6.07) is 6.16. The van der Waals surface area contributed by atoms with Crippen molar-refractivity contribution in [1.29, 1.82) is 0 Å². The molecule has 0 saturated carbocycles. The van der Waals surface area contributed by atoms with Crippen molar-refractivity contribution in [2.45, 2.75) is 37.3 Å². The lowest BCUT2D eigenvalue weighted by molar-refractivity contribution is -0.103. The molecule has 3 unspecified atom stereocenters. The molecule has 3 aliphatic rings. The van der Waals surface area contributed by atoms with Crippen molar-refractivity contribution >= 4 is 0 Å². The summed E-state index contributed by atoms with van der Waals surface area (Å²) in [6.07, 6.45) is 4.20. The Morgan fingerprint density at radius 3 is 3.10 bits per heavy atom. The number of benzene rings is 1. The number of fused-ring (bicyclic) bond motifs is 1. The van der Waals surface area contributed by atoms with Gasteiger partial charge in [0.05, 0.1) is 12.2 Å². The van der Waals surface area contributed by atoms with Gasteiger partial charge in [0.2, 0.25) is 0 Å². The fraction of sp³-hybridized carbons (Fsp3) is 0.647. The van der Waals surface area contributed by atoms with Crippen LogP contribution < -0.4 is 5.32 Å². The number of phenolic OH excluding ortho intramolecular Hbond substituents is 1. The first-order valence-corrected chi connectivity index (χ1v) is 8.03. The van der Waals surface area contributed by atoms with Crippen molar-refractivity contribution in [3.05, 3.63) is 29.3 Å². The lowest BCUT2D eigenvalue weighted by atomic mass is 9.76. The van der Waals surface area contributed by atoms with Gasteiger partial charge in [-0.2, -0.15) is 0 Å². The van der Waals surface area contributed by atoms with Gasteiger partial charge >= 0.3 is 0 Å². The van der Waals surface area contributed by atoms with Crippen molar-refractivity contribution < 1.29 is 14.6 Å². The summed E-state index contributed by atoms with van der Waals surface area (Å²) in [6.45, 7) is 3.40. The van der Waals surface area contributed by atoms with E-state index in [2.05, 4.69) is 11.4 Å². The van der Waals surface area contributed by atoms with Crippen LogP contribution in [-0.2, 0) is 15.9 Å². The van der Waals surface area contributed by atoms with E-state index in [4.69, 9.17) is 9.47 Å². The molecule has 114 valence electrons. The van der Waals surface area contributed by atoms with E-state index in [1.807, 2.05) is 6.07 Å². The quantitative estimate of drug-likeness (QED) is 0.832. The molecule has 4 nitrogen and oxygen atoms in total. The molecular formula is C17H23NO3. The Morgan fingerprint density at radius 1 is 1.29 bits per heavy atom. The van der Waals surface area contributed by atoms with Crippen LogP contribution in [0.4, 0.5) is 0 Å². The van der Waals surface area contributed by atoms with Gasteiger partial charge in [0.25, 0.3) is 0 Å². The second-order valence-corrected chi connectivity index (χ2v) is 6.65. The van der Waals surface area contributed by atoms with Gasteiger partial charge in [0, 0.05) is 25.7 Å². The van der Waals surface area contributed by atoms with E-state index in [0.29, 0.717) is 17.7 Å². The third kappa shape index (κ3) is 2.45. The molecule has 2 saturated heterocycles. The first-order chi connectivity index (χ1) is 10.3. The summed E-state index contributed by atoms with van der Waals surface area (Å²) in [7, 11) is 0. The van der Waals surface area contributed by atoms with Crippen LogP contribution >= 0.6 is 0 Å². The normalized spacial score (nSPS) is 35.8. The second-order valence-electron chi connectivity index (χ2n) is 6.65. The van der Waals surface area contributed by atoms with Gasteiger partial charge in [0.15, 0.2) is 0 Å². The van der Waals surface area contributed by atoms with Gasteiger partial charge in [-0.15, -0.1) is 0 Å². The molecule has 4 heteroatoms. The highest BCUT2D eigenvalue weighted by molar-refractivity contribution is 5.39. The lowest BCUT2D eigenvalue weighted by Crippen LogP contribution is -2.45. The number of aromatic hydroxyl groups is 1. The maximum atomic E-state index is 9.84. The zero-order valence-corrected chi connectivity index (χ0v) is 12.3. The fourth-order valence-corrected chi connectivity index (χ4v) is 4.21. The average molecular weight is 289 g/mol. The average Bonchev–Trinajstić information content (AvgIpc) is 2.94. The van der Waals surface area contributed by atoms with Crippen LogP contribution in [0.5, 0.6) is 5.75 Å². The summed E-state index contributed by atoms with van der Waals surface area (Å²) in [5.74, 6) is 0.926. The van der Waals surface area contributed by atoms with Gasteiger partial charge in [0.1, 0.15) is 5.75 Å². The van der Waals surface area contributed by atoms with Gasteiger partial charge in [-0.25, -0.2) is 0 Å². The minimum atomic E-state index is -0.0565. The van der Waals surface area contributed by atoms with Crippen molar-refractivity contribution in [2.24, 2.45) is 5.92 Å². The van der Waals surface area contributed by atoms with Crippen LogP contribution in [0, 0.1) is 5.92 Å². The van der Waals surface area contributed by atoms with E-state index in [1.165, 1.54) is 11.1 Å². The van der Waals surface area contributed by atoms with Crippen LogP contribution in [0.15, 0.2) is 18.2 Å². The Kier molecular flexibility index (Phi) is 3.40. The number of nitrogens with one attached hydrogen (secondary N) is 1. The molecule has 0 bridgehead atoms. The smallest absolute Gasteiger partial charge is 0.115 e. The zero-order valence-electron chi connectivity index (χ0n) is 12.3. The molecule has 21 heavy (non-hydrogen) atoms. The summed E-state index contributed by atoms with van der Waals surface area (Å²) in [4.78, 5) is 0. The molecule has 3 aliphatic heterocycles. The molecular weight excluding hydrogens is 266 g/mol. The molecule has 1 spiro atoms. The number of hydrogen-bond acceptors (Lipinski definition) is 4. The van der Waals surface area contributed by atoms with E-state index >= 15 is 0 Å². The molecule has 2 N–H and O–H groups in total. The maximum absolute atomic E-state index is 9.84. The van der Waals surface area contributed by atoms with Crippen LogP contribution in [0.25, 0.3) is 0 Å². The molecule has 3 heterocycles. The second kappa shape index (κ2) is 5.27. The van der Waals surface area contributed by atoms with Crippen LogP contribution in [0.3, 0.4) is 0 Å². The Hall–Kier alpha value is -1.10. The molecule has 1 aromatic carbocycles. The molecule has 0 amide bonds. The Balaban J connectivity index is 1.61. The van der Waals surface area contributed by atoms with Crippen molar-refractivity contribution in [2.75, 3.05) is 26.4 Å². The Bertz CT molecular complexity index is 525. The standard InChI is InChI=1S/C17H23NO3/c19-14-2-1-12-3-6-18-16(15(12)9-14)13-4-7-21-17(10-13)5-8-20-11-17/h1-2,9,13,16,18-19H,3-8,10-11H2. The number of hydrogen-bond donors (Lipinski definition) is 2. The van der Waals surface area contributed by atoms with E-state index in [1.54, 1.807) is 6.07 Å². The number of phenols is 1. The SMILES string of the molecule is Oc1ccc2c(c1)C(C1CCOC3(CCOC3)C1)NCC2. The third-order valence-corrected chi connectivity index (χ3v) is 5.29. The highest BCUT2D eigenvalue weighted by Gasteiger charge is 2.43. The molecule has 0 aromatic heterocycles. The minimum absolute atomic E-state index is 0.0565. The summed E-state index contributed by atoms with van der Waals surface area (Å²) in [5.41, 5.74) is 2.60. The zero-order chi connectivity index (χ0) is 14.3. The molecule has 1 aromatic rings. The number of rotatable bonds is 1. The lowest BCUT2D eigenvalue weighted by Gasteiger charge is -2.42. The fourth-order valence-electron chi connectivity index (χ4n) is 4.21. The van der Waals surface area contributed by atoms with Crippen LogP contribution in [-0.4, -0.2) is 37.1 Å². The maximum Gasteiger partial charge on any atom is 0.115 e. The van der Waals surface area contributed by atoms with Gasteiger partial charge in [-0.3, -0.25) is 0 Å². The third-order valence-electron chi connectivity index (χ3n) is 5.29. The van der Waals surface area contributed by atoms with Gasteiger partial charge in [-0.05, 0) is 55.0 Å². The van der Waals surface area contributed by atoms with Crippen LogP contribution in [0.2, 0.25) is 0 Å². The first-order valence-electron chi connectivity index (χ1n) is 8.03. The number of ether oxygens (including phenoxy) is 2. The molecule has 3 atom stereocenters. The molecule has 0 aliphatic carbocycles. The Labute approximate surface area is 125 Å². The monoisotopic (exact) mass is 289 g/mol. The minimum Gasteiger partial charge on any atom is -0.508 e. The highest BCUT2D eigenvalue weighted by Crippen LogP contribution is 2.42. The molecule has 0 radical (unpaired) electrons. The summed E-state index contributed by atoms with van der Waals surface area (Å²) >= 11 is 0. The van der Waals surface area contributed by atoms with Gasteiger partial charge in [-0.1, -0.05) is 6.07 Å². The van der Waals surface area contributed by atoms with E-state index < -0.39 is 0 Å². The summed E-state index contributed by atoms with van der Waals surface area (Å²) < 4.78 is 11.6. The Morgan fingerprint density at radius 2 is 2.24 bits per heavy atom. The first kappa shape index (κ1) is 13.6. The topological polar surface area (TPSA) is 50.7 Å². The van der Waals surface area contributed by atoms with Crippen molar-refractivity contribution in [3.8, 4) is 5.75 Å². The van der Waals surface area contributed by atoms with Crippen molar-refractivity contribution in [3.63, 3.8) is 0 Å². The molecule has 4 rings (SSSR count). The predicted octanol–water partition coefficient (Wildman–Crippen LogP) is 2.16. The predicted molar refractivity (Wildman–Crippen MR) is 79.4 cm³/mol. The van der Waals surface area contributed by atoms with E-state index in [9.17, 15) is 5.11 Å². The summed E-state index contributed by atoms with van der Waals surface area (Å²) in [5, 5.41) is 13.5. The van der Waals surface area contributed by atoms with Gasteiger partial charge < -0.3 is 19.9 Å². The largest absolute Gasteiger partial charge is 0.508 e.